The van der Waals surface area contributed by atoms with Crippen LogP contribution < -0.4 is 20.3 Å². The summed E-state index contributed by atoms with van der Waals surface area (Å²) < 4.78 is 28.8. The van der Waals surface area contributed by atoms with Crippen LogP contribution in [0.3, 0.4) is 0 Å². The number of hydrogen-bond acceptors (Lipinski definition) is 10. The van der Waals surface area contributed by atoms with Crippen molar-refractivity contribution in [3.8, 4) is 5.75 Å². The molecular formula is C32H44ClN3O9. The summed E-state index contributed by atoms with van der Waals surface area (Å²) in [6, 6.07) is 2.99. The Morgan fingerprint density at radius 2 is 2.00 bits per heavy atom. The highest BCUT2D eigenvalue weighted by atomic mass is 35.5. The summed E-state index contributed by atoms with van der Waals surface area (Å²) in [5, 5.41) is 17.2. The molecule has 3 aliphatic rings. The van der Waals surface area contributed by atoms with E-state index < -0.39 is 59.8 Å². The first-order valence-electron chi connectivity index (χ1n) is 14.9. The van der Waals surface area contributed by atoms with Gasteiger partial charge in [0.05, 0.1) is 25.3 Å². The number of allylic oxidation sites excluding steroid dienone is 3. The lowest BCUT2D eigenvalue weighted by molar-refractivity contribution is -0.155. The molecule has 4 bridgehead atoms. The number of nitrogens with one attached hydrogen (secondary N) is 2. The van der Waals surface area contributed by atoms with E-state index in [2.05, 4.69) is 10.6 Å². The van der Waals surface area contributed by atoms with Gasteiger partial charge in [-0.2, -0.15) is 0 Å². The lowest BCUT2D eigenvalue weighted by Gasteiger charge is -2.42. The van der Waals surface area contributed by atoms with Gasteiger partial charge in [0.25, 0.3) is 0 Å². The molecule has 1 aromatic carbocycles. The number of esters is 1. The Hall–Kier alpha value is -3.16. The number of anilines is 1. The third-order valence-electron chi connectivity index (χ3n) is 9.00. The fraction of sp³-hybridized carbons (Fsp3) is 0.594. The summed E-state index contributed by atoms with van der Waals surface area (Å²) in [5.41, 5.74) is -0.646. The van der Waals surface area contributed by atoms with Gasteiger partial charge in [0, 0.05) is 26.5 Å². The van der Waals surface area contributed by atoms with Crippen molar-refractivity contribution >= 4 is 35.3 Å². The second-order valence-corrected chi connectivity index (χ2v) is 12.6. The van der Waals surface area contributed by atoms with Gasteiger partial charge in [-0.05, 0) is 51.9 Å². The summed E-state index contributed by atoms with van der Waals surface area (Å²) >= 11 is 6.69. The molecule has 0 saturated carbocycles. The van der Waals surface area contributed by atoms with E-state index in [1.54, 1.807) is 46.2 Å². The van der Waals surface area contributed by atoms with E-state index in [1.807, 2.05) is 26.0 Å². The molecule has 1 aromatic rings. The number of amides is 2. The first-order valence-corrected chi connectivity index (χ1v) is 15.3. The number of carbonyl (C=O) groups excluding carboxylic acids is 3. The number of alkyl carbamates (subject to hydrolysis) is 1. The minimum Gasteiger partial charge on any atom is -0.495 e. The maximum Gasteiger partial charge on any atom is 0.409 e. The van der Waals surface area contributed by atoms with Crippen LogP contribution in [-0.2, 0) is 35.0 Å². The highest BCUT2D eigenvalue weighted by molar-refractivity contribution is 6.35. The lowest BCUT2D eigenvalue weighted by Crippen LogP contribution is -2.63. The molecule has 248 valence electrons. The second-order valence-electron chi connectivity index (χ2n) is 12.2. The minimum absolute atomic E-state index is 0.00553. The number of ether oxygens (including phenoxy) is 5. The molecule has 0 aromatic heterocycles. The molecule has 3 aliphatic heterocycles. The fourth-order valence-electron chi connectivity index (χ4n) is 5.97. The molecule has 12 nitrogen and oxygen atoms in total. The van der Waals surface area contributed by atoms with Crippen LogP contribution in [0, 0.1) is 5.92 Å². The van der Waals surface area contributed by atoms with Gasteiger partial charge in [0.2, 0.25) is 5.91 Å². The van der Waals surface area contributed by atoms with Crippen LogP contribution >= 0.6 is 11.6 Å². The molecule has 1 unspecified atom stereocenters. The molecule has 0 spiro atoms. The van der Waals surface area contributed by atoms with Crippen LogP contribution in [0.4, 0.5) is 10.5 Å². The maximum absolute atomic E-state index is 13.8. The predicted molar refractivity (Wildman–Crippen MR) is 167 cm³/mol. The molecule has 2 fully saturated rings. The van der Waals surface area contributed by atoms with Crippen LogP contribution in [0.1, 0.15) is 46.1 Å². The Balaban J connectivity index is 1.80. The van der Waals surface area contributed by atoms with E-state index >= 15 is 0 Å². The van der Waals surface area contributed by atoms with Crippen LogP contribution in [0.25, 0.3) is 0 Å². The average molecular weight is 650 g/mol. The number of methoxy groups -OCH3 is 2. The normalized spacial score (nSPS) is 34.8. The zero-order chi connectivity index (χ0) is 33.3. The lowest BCUT2D eigenvalue weighted by atomic mass is 9.83. The Bertz CT molecular complexity index is 1370. The van der Waals surface area contributed by atoms with E-state index in [4.69, 9.17) is 35.3 Å². The van der Waals surface area contributed by atoms with Gasteiger partial charge in [0.15, 0.2) is 5.72 Å². The Kier molecular flexibility index (Phi) is 10.6. The van der Waals surface area contributed by atoms with Crippen molar-refractivity contribution in [1.29, 1.82) is 0 Å². The number of benzene rings is 1. The van der Waals surface area contributed by atoms with E-state index in [-0.39, 0.29) is 23.8 Å². The number of rotatable bonds is 5. The summed E-state index contributed by atoms with van der Waals surface area (Å²) in [6.07, 6.45) is 1.52. The van der Waals surface area contributed by atoms with Crippen LogP contribution in [0.15, 0.2) is 35.9 Å². The molecule has 8 atom stereocenters. The number of epoxide rings is 1. The standard InChI is InChI=1S/C32H44ClN3O9/c1-17-10-9-11-24(42-8)32(40)16-23(43-30(39)35-32)18(2)28-31(4,45-28)25(44-29(38)19(3)34-5)15-26(37)36(6)21-13-20(12-17)14-22(41-7)27(21)33/h9-11,13-14,18-19,23-25,28,34,40H,12,15-16H2,1-8H3,(H,35,39)/b11-9+,17-10+/t18-,19+,23+,24-,25?,28+,31+,32+/m1/s1. The zero-order valence-corrected chi connectivity index (χ0v) is 27.8. The molecule has 3 heterocycles. The Labute approximate surface area is 269 Å². The smallest absolute Gasteiger partial charge is 0.409 e. The van der Waals surface area contributed by atoms with E-state index in [1.165, 1.54) is 19.1 Å². The van der Waals surface area contributed by atoms with Gasteiger partial charge in [-0.15, -0.1) is 0 Å². The monoisotopic (exact) mass is 649 g/mol. The van der Waals surface area contributed by atoms with Crippen molar-refractivity contribution in [3.05, 3.63) is 46.5 Å². The van der Waals surface area contributed by atoms with Gasteiger partial charge in [-0.25, -0.2) is 4.79 Å². The highest BCUT2D eigenvalue weighted by Crippen LogP contribution is 2.49. The predicted octanol–water partition coefficient (Wildman–Crippen LogP) is 3.28. The van der Waals surface area contributed by atoms with E-state index in [0.717, 1.165) is 11.1 Å². The summed E-state index contributed by atoms with van der Waals surface area (Å²) in [6.45, 7) is 7.17. The number of hydrogen-bond donors (Lipinski definition) is 3. The molecule has 0 radical (unpaired) electrons. The number of likely N-dealkylation sites (N-methyl/N-ethyl adjacent to an activating group) is 1. The van der Waals surface area contributed by atoms with Crippen molar-refractivity contribution in [1.82, 2.24) is 10.6 Å². The molecule has 45 heavy (non-hydrogen) atoms. The van der Waals surface area contributed by atoms with Crippen LogP contribution in [-0.4, -0.2) is 93.2 Å². The van der Waals surface area contributed by atoms with Gasteiger partial charge in [-0.1, -0.05) is 42.3 Å². The molecule has 2 saturated heterocycles. The molecule has 3 N–H and O–H groups in total. The first kappa shape index (κ1) is 34.7. The highest BCUT2D eigenvalue weighted by Gasteiger charge is 2.64. The number of halogens is 1. The van der Waals surface area contributed by atoms with E-state index in [9.17, 15) is 19.5 Å². The summed E-state index contributed by atoms with van der Waals surface area (Å²) in [5.74, 6) is -0.974. The van der Waals surface area contributed by atoms with Crippen molar-refractivity contribution in [2.45, 2.75) is 88.7 Å². The van der Waals surface area contributed by atoms with Gasteiger partial charge < -0.3 is 39.0 Å². The van der Waals surface area contributed by atoms with Crippen molar-refractivity contribution < 1.29 is 43.2 Å². The van der Waals surface area contributed by atoms with Gasteiger partial charge in [-0.3, -0.25) is 14.9 Å². The molecule has 2 amide bonds. The Morgan fingerprint density at radius 1 is 1.29 bits per heavy atom. The van der Waals surface area contributed by atoms with Gasteiger partial charge >= 0.3 is 12.1 Å². The fourth-order valence-corrected chi connectivity index (χ4v) is 6.28. The SMILES string of the molecule is CN[C@@H](C)C(=O)OC1CC(=O)N(C)c2cc(cc(OC)c2Cl)C/C(C)=C/C=C/[C@@H](OC)[C@@]2(O)C[C@H](OC(=O)N2)[C@@H](C)[C@@H]2O[C@@]12C. The van der Waals surface area contributed by atoms with Crippen molar-refractivity contribution in [3.63, 3.8) is 0 Å². The number of carbonyl (C=O) groups is 3. The second kappa shape index (κ2) is 13.7. The molecule has 4 rings (SSSR count). The summed E-state index contributed by atoms with van der Waals surface area (Å²) in [4.78, 5) is 40.9. The number of aliphatic hydroxyl groups is 1. The largest absolute Gasteiger partial charge is 0.495 e. The van der Waals surface area contributed by atoms with E-state index in [0.29, 0.717) is 17.9 Å². The van der Waals surface area contributed by atoms with Crippen molar-refractivity contribution in [2.24, 2.45) is 5.92 Å². The maximum atomic E-state index is 13.8. The Morgan fingerprint density at radius 3 is 2.64 bits per heavy atom. The van der Waals surface area contributed by atoms with Gasteiger partial charge in [0.1, 0.15) is 40.7 Å². The summed E-state index contributed by atoms with van der Waals surface area (Å²) in [7, 11) is 6.18. The quantitative estimate of drug-likeness (QED) is 0.321. The number of fused-ring (bicyclic) bond motifs is 5. The van der Waals surface area contributed by atoms with Crippen molar-refractivity contribution in [2.75, 3.05) is 33.2 Å². The van der Waals surface area contributed by atoms with Crippen LogP contribution in [0.5, 0.6) is 5.75 Å². The first-order chi connectivity index (χ1) is 21.2. The molecular weight excluding hydrogens is 606 g/mol. The average Bonchev–Trinajstić information content (AvgIpc) is 3.69. The third kappa shape index (κ3) is 7.30. The minimum atomic E-state index is -1.78. The third-order valence-corrected chi connectivity index (χ3v) is 9.38. The molecule has 0 aliphatic carbocycles. The molecule has 13 heteroatoms. The van der Waals surface area contributed by atoms with Crippen LogP contribution in [0.2, 0.25) is 5.02 Å². The zero-order valence-electron chi connectivity index (χ0n) is 27.0. The number of nitrogens with zero attached hydrogens (tertiary/aromatic N) is 1. The topological polar surface area (TPSA) is 148 Å².